The maximum atomic E-state index is 14.0. The molecule has 1 N–H and O–H groups in total. The van der Waals surface area contributed by atoms with Gasteiger partial charge in [0.25, 0.3) is 0 Å². The lowest BCUT2D eigenvalue weighted by molar-refractivity contribution is -0.123. The minimum absolute atomic E-state index is 0.101. The zero-order valence-corrected chi connectivity index (χ0v) is 17.7. The van der Waals surface area contributed by atoms with E-state index in [1.54, 1.807) is 0 Å². The Morgan fingerprint density at radius 1 is 1.20 bits per heavy atom. The lowest BCUT2D eigenvalue weighted by Crippen LogP contribution is -2.31. The first-order valence-electron chi connectivity index (χ1n) is 10.6. The summed E-state index contributed by atoms with van der Waals surface area (Å²) in [5.74, 6) is -1.56. The first kappa shape index (κ1) is 20.8. The quantitative estimate of drug-likeness (QED) is 0.775. The number of hydrogen-bond donors (Lipinski definition) is 1. The van der Waals surface area contributed by atoms with Crippen molar-refractivity contribution in [1.29, 1.82) is 0 Å². The zero-order valence-electron chi connectivity index (χ0n) is 17.7. The number of nitrogens with one attached hydrogen (secondary N) is 1. The van der Waals surface area contributed by atoms with Crippen LogP contribution in [-0.4, -0.2) is 44.0 Å². The first-order valence-corrected chi connectivity index (χ1v) is 10.6. The number of carbonyl (C=O) groups is 1. The largest absolute Gasteiger partial charge is 0.370 e. The monoisotopic (exact) mass is 413 g/mol. The summed E-state index contributed by atoms with van der Waals surface area (Å²) in [6.45, 7) is 3.99. The van der Waals surface area contributed by atoms with Crippen LogP contribution in [0, 0.1) is 17.6 Å². The van der Waals surface area contributed by atoms with Crippen molar-refractivity contribution in [1.82, 2.24) is 10.2 Å². The summed E-state index contributed by atoms with van der Waals surface area (Å²) in [6.07, 6.45) is 1.70. The van der Waals surface area contributed by atoms with Gasteiger partial charge in [-0.05, 0) is 81.2 Å². The minimum atomic E-state index is -0.471. The molecule has 2 aromatic carbocycles. The van der Waals surface area contributed by atoms with Gasteiger partial charge < -0.3 is 15.1 Å². The van der Waals surface area contributed by atoms with Gasteiger partial charge in [0.05, 0.1) is 6.04 Å². The van der Waals surface area contributed by atoms with Crippen LogP contribution in [0.1, 0.15) is 42.9 Å². The molecular formula is C24H29F2N3O. The second-order valence-corrected chi connectivity index (χ2v) is 8.79. The van der Waals surface area contributed by atoms with Gasteiger partial charge in [0.15, 0.2) is 0 Å². The van der Waals surface area contributed by atoms with Crippen molar-refractivity contribution in [2.45, 2.75) is 37.8 Å². The Kier molecular flexibility index (Phi) is 5.78. The summed E-state index contributed by atoms with van der Waals surface area (Å²) in [5, 5.41) is 3.05. The molecule has 0 spiro atoms. The van der Waals surface area contributed by atoms with Crippen LogP contribution in [0.15, 0.2) is 42.5 Å². The van der Waals surface area contributed by atoms with Crippen LogP contribution in [0.2, 0.25) is 0 Å². The van der Waals surface area contributed by atoms with Crippen LogP contribution < -0.4 is 10.2 Å². The molecule has 4 unspecified atom stereocenters. The molecule has 2 fully saturated rings. The average Bonchev–Trinajstić information content (AvgIpc) is 3.36. The Balaban J connectivity index is 1.38. The van der Waals surface area contributed by atoms with Crippen molar-refractivity contribution in [3.63, 3.8) is 0 Å². The Morgan fingerprint density at radius 2 is 2.00 bits per heavy atom. The van der Waals surface area contributed by atoms with E-state index in [1.807, 2.05) is 19.1 Å². The third-order valence-corrected chi connectivity index (χ3v) is 6.47. The van der Waals surface area contributed by atoms with E-state index in [4.69, 9.17) is 0 Å². The van der Waals surface area contributed by atoms with E-state index >= 15 is 0 Å². The molecule has 4 atom stereocenters. The van der Waals surface area contributed by atoms with E-state index in [-0.39, 0.29) is 23.8 Å². The molecule has 4 nitrogen and oxygen atoms in total. The van der Waals surface area contributed by atoms with Gasteiger partial charge in [0, 0.05) is 30.7 Å². The summed E-state index contributed by atoms with van der Waals surface area (Å²) >= 11 is 0. The molecule has 0 aromatic heterocycles. The summed E-state index contributed by atoms with van der Waals surface area (Å²) in [4.78, 5) is 17.3. The summed E-state index contributed by atoms with van der Waals surface area (Å²) in [7, 11) is 4.23. The molecule has 1 aliphatic carbocycles. The molecule has 160 valence electrons. The number of hydrogen-bond acceptors (Lipinski definition) is 3. The fourth-order valence-corrected chi connectivity index (χ4v) is 4.42. The van der Waals surface area contributed by atoms with Gasteiger partial charge in [-0.25, -0.2) is 8.78 Å². The predicted molar refractivity (Wildman–Crippen MR) is 115 cm³/mol. The van der Waals surface area contributed by atoms with Crippen molar-refractivity contribution >= 4 is 11.6 Å². The van der Waals surface area contributed by atoms with Crippen LogP contribution in [0.4, 0.5) is 14.5 Å². The Labute approximate surface area is 176 Å². The standard InChI is InChI=1S/C24H29F2N3O/c1-15(16-5-4-6-18(11-16)29-10-9-19(14-29)28(2)3)27-24(30)22-13-20(22)21-12-17(25)7-8-23(21)26/h4-8,11-12,15,19-20,22H,9-10,13-14H2,1-3H3,(H,27,30). The smallest absolute Gasteiger partial charge is 0.224 e. The summed E-state index contributed by atoms with van der Waals surface area (Å²) < 4.78 is 27.4. The normalized spacial score (nSPS) is 24.2. The maximum Gasteiger partial charge on any atom is 0.224 e. The van der Waals surface area contributed by atoms with E-state index in [9.17, 15) is 13.6 Å². The zero-order chi connectivity index (χ0) is 21.4. The van der Waals surface area contributed by atoms with Crippen LogP contribution in [0.5, 0.6) is 0 Å². The summed E-state index contributed by atoms with van der Waals surface area (Å²) in [6, 6.07) is 12.1. The number of likely N-dealkylation sites (N-methyl/N-ethyl adjacent to an activating group) is 1. The van der Waals surface area contributed by atoms with Gasteiger partial charge >= 0.3 is 0 Å². The highest BCUT2D eigenvalue weighted by Gasteiger charge is 2.45. The van der Waals surface area contributed by atoms with Crippen LogP contribution in [0.3, 0.4) is 0 Å². The molecule has 1 heterocycles. The molecule has 0 radical (unpaired) electrons. The van der Waals surface area contributed by atoms with E-state index in [0.29, 0.717) is 18.0 Å². The van der Waals surface area contributed by atoms with Crippen molar-refractivity contribution in [2.75, 3.05) is 32.1 Å². The third kappa shape index (κ3) is 4.33. The molecule has 1 saturated carbocycles. The van der Waals surface area contributed by atoms with Crippen molar-refractivity contribution < 1.29 is 13.6 Å². The highest BCUT2D eigenvalue weighted by atomic mass is 19.1. The fraction of sp³-hybridized carbons (Fsp3) is 0.458. The topological polar surface area (TPSA) is 35.6 Å². The van der Waals surface area contributed by atoms with Gasteiger partial charge in [0.1, 0.15) is 11.6 Å². The number of rotatable bonds is 6. The molecule has 2 aromatic rings. The van der Waals surface area contributed by atoms with E-state index in [1.165, 1.54) is 11.8 Å². The van der Waals surface area contributed by atoms with Crippen LogP contribution >= 0.6 is 0 Å². The lowest BCUT2D eigenvalue weighted by atomic mass is 10.1. The van der Waals surface area contributed by atoms with Gasteiger partial charge in [0.2, 0.25) is 5.91 Å². The highest BCUT2D eigenvalue weighted by molar-refractivity contribution is 5.83. The lowest BCUT2D eigenvalue weighted by Gasteiger charge is -2.23. The predicted octanol–water partition coefficient (Wildman–Crippen LogP) is 4.09. The fourth-order valence-electron chi connectivity index (χ4n) is 4.42. The number of carbonyl (C=O) groups excluding carboxylic acids is 1. The van der Waals surface area contributed by atoms with E-state index in [0.717, 1.165) is 37.2 Å². The molecule has 2 aliphatic rings. The van der Waals surface area contributed by atoms with Crippen molar-refractivity contribution in [3.05, 3.63) is 65.2 Å². The number of nitrogens with zero attached hydrogens (tertiary/aromatic N) is 2. The van der Waals surface area contributed by atoms with Gasteiger partial charge in [-0.1, -0.05) is 12.1 Å². The molecule has 30 heavy (non-hydrogen) atoms. The third-order valence-electron chi connectivity index (χ3n) is 6.47. The van der Waals surface area contributed by atoms with E-state index in [2.05, 4.69) is 41.3 Å². The molecule has 4 rings (SSSR count). The molecule has 1 aliphatic heterocycles. The Morgan fingerprint density at radius 3 is 2.73 bits per heavy atom. The number of amides is 1. The molecule has 6 heteroatoms. The molecule has 0 bridgehead atoms. The highest BCUT2D eigenvalue weighted by Crippen LogP contribution is 2.48. The number of anilines is 1. The van der Waals surface area contributed by atoms with E-state index < -0.39 is 11.6 Å². The SMILES string of the molecule is CC(NC(=O)C1CC1c1cc(F)ccc1F)c1cccc(N2CCC(N(C)C)C2)c1. The number of benzene rings is 2. The minimum Gasteiger partial charge on any atom is -0.370 e. The average molecular weight is 414 g/mol. The second-order valence-electron chi connectivity index (χ2n) is 8.79. The first-order chi connectivity index (χ1) is 14.3. The van der Waals surface area contributed by atoms with Crippen LogP contribution in [-0.2, 0) is 4.79 Å². The molecule has 1 saturated heterocycles. The molecule has 1 amide bonds. The Bertz CT molecular complexity index is 932. The van der Waals surface area contributed by atoms with Gasteiger partial charge in [-0.15, -0.1) is 0 Å². The number of halogens is 2. The Hall–Kier alpha value is -2.47. The van der Waals surface area contributed by atoms with Crippen molar-refractivity contribution in [2.24, 2.45) is 5.92 Å². The maximum absolute atomic E-state index is 14.0. The van der Waals surface area contributed by atoms with Gasteiger partial charge in [-0.3, -0.25) is 4.79 Å². The van der Waals surface area contributed by atoms with Crippen molar-refractivity contribution in [3.8, 4) is 0 Å². The summed E-state index contributed by atoms with van der Waals surface area (Å²) in [5.41, 5.74) is 2.52. The van der Waals surface area contributed by atoms with Crippen LogP contribution in [0.25, 0.3) is 0 Å². The molecular weight excluding hydrogens is 384 g/mol. The second kappa shape index (κ2) is 8.34. The van der Waals surface area contributed by atoms with Gasteiger partial charge in [-0.2, -0.15) is 0 Å².